The molecule has 0 fully saturated rings. The van der Waals surface area contributed by atoms with Crippen molar-refractivity contribution >= 4 is 11.6 Å². The van der Waals surface area contributed by atoms with Crippen molar-refractivity contribution in [3.8, 4) is 0 Å². The Bertz CT molecular complexity index is 517. The van der Waals surface area contributed by atoms with E-state index in [9.17, 15) is 0 Å². The Kier molecular flexibility index (Phi) is 5.24. The third kappa shape index (κ3) is 4.16. The van der Waals surface area contributed by atoms with Crippen LogP contribution in [0.3, 0.4) is 0 Å². The molecule has 0 atom stereocenters. The minimum absolute atomic E-state index is 0.382. The highest BCUT2D eigenvalue weighted by atomic mass is 16.5. The normalized spacial score (nSPS) is 10.5. The molecule has 0 aromatic carbocycles. The maximum atomic E-state index is 5.34. The summed E-state index contributed by atoms with van der Waals surface area (Å²) in [6, 6.07) is 1.83. The van der Waals surface area contributed by atoms with Crippen molar-refractivity contribution in [3.63, 3.8) is 0 Å². The monoisotopic (exact) mass is 278 g/mol. The summed E-state index contributed by atoms with van der Waals surface area (Å²) in [6.45, 7) is 6.18. The van der Waals surface area contributed by atoms with E-state index in [4.69, 9.17) is 4.74 Å². The summed E-state index contributed by atoms with van der Waals surface area (Å²) in [5, 5.41) is 10.0. The minimum Gasteiger partial charge on any atom is -0.374 e. The molecule has 108 valence electrons. The summed E-state index contributed by atoms with van der Waals surface area (Å²) in [5.41, 5.74) is 0. The van der Waals surface area contributed by atoms with Gasteiger partial charge in [-0.15, -0.1) is 0 Å². The Morgan fingerprint density at radius 3 is 2.60 bits per heavy atom. The molecule has 2 heterocycles. The first-order valence-electron chi connectivity index (χ1n) is 6.50. The van der Waals surface area contributed by atoms with Crippen LogP contribution in [0.5, 0.6) is 0 Å². The second-order valence-electron chi connectivity index (χ2n) is 3.92. The number of hydrogen-bond donors (Lipinski definition) is 2. The van der Waals surface area contributed by atoms with Crippen LogP contribution in [-0.2, 0) is 17.9 Å². The lowest BCUT2D eigenvalue weighted by atomic mass is 10.4. The van der Waals surface area contributed by atoms with Gasteiger partial charge in [0.2, 0.25) is 6.39 Å². The lowest BCUT2D eigenvalue weighted by Crippen LogP contribution is -2.09. The summed E-state index contributed by atoms with van der Waals surface area (Å²) >= 11 is 0. The van der Waals surface area contributed by atoms with Crippen LogP contribution < -0.4 is 10.6 Å². The van der Waals surface area contributed by atoms with Gasteiger partial charge >= 0.3 is 0 Å². The van der Waals surface area contributed by atoms with Crippen LogP contribution in [0.1, 0.15) is 25.5 Å². The van der Waals surface area contributed by atoms with Gasteiger partial charge in [-0.05, 0) is 13.8 Å². The lowest BCUT2D eigenvalue weighted by molar-refractivity contribution is 0.128. The Morgan fingerprint density at radius 2 is 1.95 bits per heavy atom. The standard InChI is InChI=1S/C12H18N6O2/c1-3-13-9-5-10(14-6-11-15-8-20-18-11)17-12(16-9)7-19-4-2/h5,8H,3-4,6-7H2,1-2H3,(H2,13,14,16,17). The number of rotatable bonds is 8. The predicted molar refractivity (Wildman–Crippen MR) is 73.2 cm³/mol. The van der Waals surface area contributed by atoms with E-state index < -0.39 is 0 Å². The van der Waals surface area contributed by atoms with Gasteiger partial charge < -0.3 is 19.9 Å². The quantitative estimate of drug-likeness (QED) is 0.748. The van der Waals surface area contributed by atoms with Gasteiger partial charge in [-0.25, -0.2) is 9.97 Å². The highest BCUT2D eigenvalue weighted by molar-refractivity contribution is 5.47. The lowest BCUT2D eigenvalue weighted by Gasteiger charge is -2.09. The van der Waals surface area contributed by atoms with Crippen molar-refractivity contribution in [1.82, 2.24) is 20.1 Å². The maximum Gasteiger partial charge on any atom is 0.213 e. The first kappa shape index (κ1) is 14.2. The van der Waals surface area contributed by atoms with Crippen molar-refractivity contribution in [3.05, 3.63) is 24.1 Å². The summed E-state index contributed by atoms with van der Waals surface area (Å²) in [4.78, 5) is 12.7. The van der Waals surface area contributed by atoms with Crippen molar-refractivity contribution in [2.24, 2.45) is 0 Å². The zero-order valence-corrected chi connectivity index (χ0v) is 11.6. The van der Waals surface area contributed by atoms with E-state index in [0.717, 1.165) is 12.4 Å². The fourth-order valence-corrected chi connectivity index (χ4v) is 1.56. The summed E-state index contributed by atoms with van der Waals surface area (Å²) in [6.07, 6.45) is 1.29. The molecule has 2 rings (SSSR count). The molecule has 0 amide bonds. The van der Waals surface area contributed by atoms with E-state index >= 15 is 0 Å². The third-order valence-corrected chi connectivity index (χ3v) is 2.40. The van der Waals surface area contributed by atoms with Crippen molar-refractivity contribution in [2.75, 3.05) is 23.8 Å². The molecule has 0 radical (unpaired) electrons. The van der Waals surface area contributed by atoms with Gasteiger partial charge in [-0.2, -0.15) is 4.98 Å². The van der Waals surface area contributed by atoms with Crippen LogP contribution in [0.4, 0.5) is 11.6 Å². The number of aromatic nitrogens is 4. The number of nitrogens with zero attached hydrogens (tertiary/aromatic N) is 4. The maximum absolute atomic E-state index is 5.34. The summed E-state index contributed by atoms with van der Waals surface area (Å²) in [5.74, 6) is 2.64. The topological polar surface area (TPSA) is 98.0 Å². The molecule has 0 aliphatic rings. The molecule has 2 aromatic rings. The number of hydrogen-bond acceptors (Lipinski definition) is 8. The fraction of sp³-hybridized carbons (Fsp3) is 0.500. The molecular formula is C12H18N6O2. The molecule has 0 spiro atoms. The van der Waals surface area contributed by atoms with E-state index in [-0.39, 0.29) is 0 Å². The van der Waals surface area contributed by atoms with Crippen LogP contribution in [0.25, 0.3) is 0 Å². The second-order valence-corrected chi connectivity index (χ2v) is 3.92. The second kappa shape index (κ2) is 7.39. The summed E-state index contributed by atoms with van der Waals surface area (Å²) < 4.78 is 10.0. The predicted octanol–water partition coefficient (Wildman–Crippen LogP) is 1.44. The first-order valence-corrected chi connectivity index (χ1v) is 6.50. The molecule has 0 aliphatic carbocycles. The van der Waals surface area contributed by atoms with Gasteiger partial charge in [0.25, 0.3) is 0 Å². The molecule has 0 saturated carbocycles. The molecule has 20 heavy (non-hydrogen) atoms. The average molecular weight is 278 g/mol. The SMILES string of the molecule is CCNc1cc(NCc2ncon2)nc(COCC)n1. The minimum atomic E-state index is 0.382. The Hall–Kier alpha value is -2.22. The molecule has 2 N–H and O–H groups in total. The average Bonchev–Trinajstić information content (AvgIpc) is 2.96. The number of anilines is 2. The van der Waals surface area contributed by atoms with Crippen LogP contribution >= 0.6 is 0 Å². The largest absolute Gasteiger partial charge is 0.374 e. The highest BCUT2D eigenvalue weighted by Gasteiger charge is 2.06. The van der Waals surface area contributed by atoms with Crippen LogP contribution in [-0.4, -0.2) is 33.3 Å². The van der Waals surface area contributed by atoms with Gasteiger partial charge in [0.15, 0.2) is 11.6 Å². The van der Waals surface area contributed by atoms with Gasteiger partial charge in [-0.3, -0.25) is 0 Å². The van der Waals surface area contributed by atoms with Crippen LogP contribution in [0.15, 0.2) is 17.0 Å². The van der Waals surface area contributed by atoms with Crippen molar-refractivity contribution in [2.45, 2.75) is 27.0 Å². The van der Waals surface area contributed by atoms with Gasteiger partial charge in [0.05, 0.1) is 6.54 Å². The van der Waals surface area contributed by atoms with E-state index in [1.807, 2.05) is 19.9 Å². The molecule has 0 bridgehead atoms. The van der Waals surface area contributed by atoms with E-state index in [2.05, 4.69) is 35.3 Å². The van der Waals surface area contributed by atoms with Crippen molar-refractivity contribution < 1.29 is 9.26 Å². The van der Waals surface area contributed by atoms with Gasteiger partial charge in [0.1, 0.15) is 18.2 Å². The van der Waals surface area contributed by atoms with Crippen LogP contribution in [0.2, 0.25) is 0 Å². The van der Waals surface area contributed by atoms with Crippen molar-refractivity contribution in [1.29, 1.82) is 0 Å². The van der Waals surface area contributed by atoms with E-state index in [0.29, 0.717) is 37.2 Å². The van der Waals surface area contributed by atoms with Gasteiger partial charge in [-0.1, -0.05) is 5.16 Å². The number of ether oxygens (including phenoxy) is 1. The Morgan fingerprint density at radius 1 is 1.15 bits per heavy atom. The van der Waals surface area contributed by atoms with Crippen LogP contribution in [0, 0.1) is 0 Å². The smallest absolute Gasteiger partial charge is 0.213 e. The molecule has 0 unspecified atom stereocenters. The molecule has 0 saturated heterocycles. The molecular weight excluding hydrogens is 260 g/mol. The molecule has 8 nitrogen and oxygen atoms in total. The summed E-state index contributed by atoms with van der Waals surface area (Å²) in [7, 11) is 0. The fourth-order valence-electron chi connectivity index (χ4n) is 1.56. The zero-order chi connectivity index (χ0) is 14.2. The first-order chi connectivity index (χ1) is 9.81. The third-order valence-electron chi connectivity index (χ3n) is 2.40. The van der Waals surface area contributed by atoms with E-state index in [1.165, 1.54) is 6.39 Å². The van der Waals surface area contributed by atoms with E-state index in [1.54, 1.807) is 0 Å². The molecule has 0 aliphatic heterocycles. The Balaban J connectivity index is 2.06. The van der Waals surface area contributed by atoms with Gasteiger partial charge in [0, 0.05) is 19.2 Å². The zero-order valence-electron chi connectivity index (χ0n) is 11.6. The Labute approximate surface area is 117 Å². The highest BCUT2D eigenvalue weighted by Crippen LogP contribution is 2.12. The molecule has 2 aromatic heterocycles. The molecule has 8 heteroatoms. The number of nitrogens with one attached hydrogen (secondary N) is 2.